The number of sulfonamides is 1. The summed E-state index contributed by atoms with van der Waals surface area (Å²) in [7, 11) is -3.66. The first kappa shape index (κ1) is 14.0. The third kappa shape index (κ3) is 2.88. The minimum absolute atomic E-state index is 0.130. The lowest BCUT2D eigenvalue weighted by atomic mass is 10.3. The van der Waals surface area contributed by atoms with Crippen LogP contribution in [0.3, 0.4) is 0 Å². The SMILES string of the molecule is CC(NS(=O)(=O)c1ccc2c(c1)OCCO2)c1ccco1. The molecule has 0 fully saturated rings. The second kappa shape index (κ2) is 5.42. The van der Waals surface area contributed by atoms with Crippen molar-refractivity contribution < 1.29 is 22.3 Å². The van der Waals surface area contributed by atoms with Crippen LogP contribution >= 0.6 is 0 Å². The fourth-order valence-electron chi connectivity index (χ4n) is 2.09. The molecule has 7 heteroatoms. The summed E-state index contributed by atoms with van der Waals surface area (Å²) in [6.45, 7) is 2.59. The molecule has 21 heavy (non-hydrogen) atoms. The van der Waals surface area contributed by atoms with Gasteiger partial charge < -0.3 is 13.9 Å². The predicted octanol–water partition coefficient (Wildman–Crippen LogP) is 2.09. The molecule has 1 atom stereocenters. The van der Waals surface area contributed by atoms with E-state index in [4.69, 9.17) is 13.9 Å². The molecule has 0 spiro atoms. The molecule has 1 aliphatic heterocycles. The third-order valence-electron chi connectivity index (χ3n) is 3.13. The highest BCUT2D eigenvalue weighted by atomic mass is 32.2. The first-order valence-electron chi connectivity index (χ1n) is 6.52. The maximum atomic E-state index is 12.4. The van der Waals surface area contributed by atoms with Crippen LogP contribution in [0.2, 0.25) is 0 Å². The van der Waals surface area contributed by atoms with Crippen LogP contribution in [0, 0.1) is 0 Å². The van der Waals surface area contributed by atoms with Crippen molar-refractivity contribution in [3.63, 3.8) is 0 Å². The highest BCUT2D eigenvalue weighted by molar-refractivity contribution is 7.89. The van der Waals surface area contributed by atoms with Gasteiger partial charge >= 0.3 is 0 Å². The molecule has 1 N–H and O–H groups in total. The second-order valence-electron chi connectivity index (χ2n) is 4.66. The minimum atomic E-state index is -3.66. The largest absolute Gasteiger partial charge is 0.486 e. The van der Waals surface area contributed by atoms with E-state index in [9.17, 15) is 8.42 Å². The quantitative estimate of drug-likeness (QED) is 0.935. The maximum Gasteiger partial charge on any atom is 0.241 e. The highest BCUT2D eigenvalue weighted by Crippen LogP contribution is 2.32. The monoisotopic (exact) mass is 309 g/mol. The molecular weight excluding hydrogens is 294 g/mol. The Labute approximate surface area is 122 Å². The number of hydrogen-bond donors (Lipinski definition) is 1. The van der Waals surface area contributed by atoms with Gasteiger partial charge in [-0.05, 0) is 31.2 Å². The van der Waals surface area contributed by atoms with Crippen molar-refractivity contribution in [1.29, 1.82) is 0 Å². The lowest BCUT2D eigenvalue weighted by Gasteiger charge is -2.19. The molecule has 0 bridgehead atoms. The van der Waals surface area contributed by atoms with Crippen LogP contribution in [0.25, 0.3) is 0 Å². The summed E-state index contributed by atoms with van der Waals surface area (Å²) in [4.78, 5) is 0.130. The third-order valence-corrected chi connectivity index (χ3v) is 4.66. The molecule has 0 aliphatic carbocycles. The Morgan fingerprint density at radius 2 is 1.90 bits per heavy atom. The first-order chi connectivity index (χ1) is 10.1. The van der Waals surface area contributed by atoms with Crippen molar-refractivity contribution in [2.75, 3.05) is 13.2 Å². The molecule has 1 aliphatic rings. The van der Waals surface area contributed by atoms with Gasteiger partial charge in [0, 0.05) is 6.07 Å². The van der Waals surface area contributed by atoms with Gasteiger partial charge in [-0.2, -0.15) is 0 Å². The predicted molar refractivity (Wildman–Crippen MR) is 74.9 cm³/mol. The second-order valence-corrected chi connectivity index (χ2v) is 6.38. The summed E-state index contributed by atoms with van der Waals surface area (Å²) in [5, 5.41) is 0. The fourth-order valence-corrected chi connectivity index (χ4v) is 3.31. The van der Waals surface area contributed by atoms with E-state index in [0.29, 0.717) is 30.5 Å². The van der Waals surface area contributed by atoms with E-state index < -0.39 is 16.1 Å². The average molecular weight is 309 g/mol. The molecule has 2 aromatic rings. The van der Waals surface area contributed by atoms with Crippen molar-refractivity contribution in [2.45, 2.75) is 17.9 Å². The van der Waals surface area contributed by atoms with Gasteiger partial charge in [-0.15, -0.1) is 0 Å². The van der Waals surface area contributed by atoms with Gasteiger partial charge in [0.2, 0.25) is 10.0 Å². The van der Waals surface area contributed by atoms with Gasteiger partial charge in [0.15, 0.2) is 11.5 Å². The zero-order valence-electron chi connectivity index (χ0n) is 11.4. The standard InChI is InChI=1S/C14H15NO5S/c1-10(12-3-2-6-18-12)15-21(16,17)11-4-5-13-14(9-11)20-8-7-19-13/h2-6,9-10,15H,7-8H2,1H3. The lowest BCUT2D eigenvalue weighted by Crippen LogP contribution is -2.27. The normalized spacial score (nSPS) is 15.7. The Balaban J connectivity index is 1.84. The van der Waals surface area contributed by atoms with Crippen molar-refractivity contribution in [3.8, 4) is 11.5 Å². The van der Waals surface area contributed by atoms with E-state index >= 15 is 0 Å². The van der Waals surface area contributed by atoms with E-state index in [1.54, 1.807) is 25.1 Å². The molecule has 2 heterocycles. The maximum absolute atomic E-state index is 12.4. The van der Waals surface area contributed by atoms with Crippen molar-refractivity contribution in [1.82, 2.24) is 4.72 Å². The van der Waals surface area contributed by atoms with E-state index in [-0.39, 0.29) is 4.90 Å². The van der Waals surface area contributed by atoms with Crippen LogP contribution in [0.5, 0.6) is 11.5 Å². The Bertz CT molecular complexity index is 724. The molecule has 6 nitrogen and oxygen atoms in total. The molecule has 0 saturated heterocycles. The number of benzene rings is 1. The lowest BCUT2D eigenvalue weighted by molar-refractivity contribution is 0.171. The minimum Gasteiger partial charge on any atom is -0.486 e. The summed E-state index contributed by atoms with van der Waals surface area (Å²) in [6.07, 6.45) is 1.50. The molecule has 0 radical (unpaired) electrons. The number of nitrogens with one attached hydrogen (secondary N) is 1. The molecule has 1 aromatic heterocycles. The number of ether oxygens (including phenoxy) is 2. The van der Waals surface area contributed by atoms with Gasteiger partial charge in [-0.25, -0.2) is 13.1 Å². The molecule has 1 unspecified atom stereocenters. The van der Waals surface area contributed by atoms with Gasteiger partial charge in [0.1, 0.15) is 19.0 Å². The van der Waals surface area contributed by atoms with Gasteiger partial charge in [0.05, 0.1) is 17.2 Å². The summed E-state index contributed by atoms with van der Waals surface area (Å²) < 4.78 is 43.3. The molecule has 112 valence electrons. The van der Waals surface area contributed by atoms with Crippen molar-refractivity contribution >= 4 is 10.0 Å². The topological polar surface area (TPSA) is 77.8 Å². The summed E-state index contributed by atoms with van der Waals surface area (Å²) in [5.41, 5.74) is 0. The Hall–Kier alpha value is -1.99. The van der Waals surface area contributed by atoms with Crippen LogP contribution < -0.4 is 14.2 Å². The van der Waals surface area contributed by atoms with Crippen molar-refractivity contribution in [3.05, 3.63) is 42.4 Å². The number of fused-ring (bicyclic) bond motifs is 1. The number of rotatable bonds is 4. The Kier molecular flexibility index (Phi) is 3.60. The molecule has 3 rings (SSSR count). The van der Waals surface area contributed by atoms with Crippen LogP contribution in [0.4, 0.5) is 0 Å². The van der Waals surface area contributed by atoms with Crippen LogP contribution in [0.1, 0.15) is 18.7 Å². The number of hydrogen-bond acceptors (Lipinski definition) is 5. The number of furan rings is 1. The molecule has 0 amide bonds. The van der Waals surface area contributed by atoms with Crippen molar-refractivity contribution in [2.24, 2.45) is 0 Å². The van der Waals surface area contributed by atoms with E-state index in [2.05, 4.69) is 4.72 Å². The highest BCUT2D eigenvalue weighted by Gasteiger charge is 2.22. The van der Waals surface area contributed by atoms with Gasteiger partial charge in [0.25, 0.3) is 0 Å². The van der Waals surface area contributed by atoms with E-state index in [1.807, 2.05) is 0 Å². The van der Waals surface area contributed by atoms with Crippen LogP contribution in [-0.2, 0) is 10.0 Å². The van der Waals surface area contributed by atoms with Gasteiger partial charge in [-0.3, -0.25) is 0 Å². The van der Waals surface area contributed by atoms with E-state index in [0.717, 1.165) is 0 Å². The molecular formula is C14H15NO5S. The Morgan fingerprint density at radius 3 is 2.62 bits per heavy atom. The summed E-state index contributed by atoms with van der Waals surface area (Å²) >= 11 is 0. The fraction of sp³-hybridized carbons (Fsp3) is 0.286. The van der Waals surface area contributed by atoms with E-state index in [1.165, 1.54) is 18.4 Å². The van der Waals surface area contributed by atoms with Crippen LogP contribution in [-0.4, -0.2) is 21.6 Å². The Morgan fingerprint density at radius 1 is 1.14 bits per heavy atom. The average Bonchev–Trinajstić information content (AvgIpc) is 3.00. The first-order valence-corrected chi connectivity index (χ1v) is 8.00. The summed E-state index contributed by atoms with van der Waals surface area (Å²) in [6, 6.07) is 7.52. The smallest absolute Gasteiger partial charge is 0.241 e. The zero-order chi connectivity index (χ0) is 14.9. The van der Waals surface area contributed by atoms with Gasteiger partial charge in [-0.1, -0.05) is 0 Å². The zero-order valence-corrected chi connectivity index (χ0v) is 12.2. The summed E-state index contributed by atoms with van der Waals surface area (Å²) in [5.74, 6) is 1.55. The van der Waals surface area contributed by atoms with Crippen LogP contribution in [0.15, 0.2) is 45.9 Å². The molecule has 1 aromatic carbocycles. The molecule has 0 saturated carbocycles.